The van der Waals surface area contributed by atoms with Gasteiger partial charge in [-0.15, -0.1) is 11.6 Å². The van der Waals surface area contributed by atoms with Crippen LogP contribution in [0, 0.1) is 5.92 Å². The molecule has 0 saturated heterocycles. The highest BCUT2D eigenvalue weighted by Gasteiger charge is 2.41. The van der Waals surface area contributed by atoms with Gasteiger partial charge >= 0.3 is 8.80 Å². The fraction of sp³-hybridized carbons (Fsp3) is 1.00. The van der Waals surface area contributed by atoms with E-state index in [2.05, 4.69) is 6.92 Å². The van der Waals surface area contributed by atoms with Crippen molar-refractivity contribution in [1.82, 2.24) is 0 Å². The van der Waals surface area contributed by atoms with Crippen LogP contribution in [-0.4, -0.2) is 34.5 Å². The summed E-state index contributed by atoms with van der Waals surface area (Å²) in [6, 6.07) is 0.856. The molecule has 1 unspecified atom stereocenters. The minimum Gasteiger partial charge on any atom is -0.374 e. The Kier molecular flexibility index (Phi) is 9.65. The molecule has 0 aromatic carbocycles. The van der Waals surface area contributed by atoms with Crippen LogP contribution >= 0.6 is 11.6 Å². The van der Waals surface area contributed by atoms with E-state index in [1.54, 1.807) is 0 Å². The van der Waals surface area contributed by atoms with E-state index < -0.39 is 8.80 Å². The molecule has 16 heavy (non-hydrogen) atoms. The van der Waals surface area contributed by atoms with Crippen LogP contribution in [0.2, 0.25) is 6.04 Å². The quantitative estimate of drug-likeness (QED) is 0.449. The third-order valence-electron chi connectivity index (χ3n) is 2.29. The summed E-state index contributed by atoms with van der Waals surface area (Å²) in [5.74, 6) is 1.16. The fourth-order valence-corrected chi connectivity index (χ4v) is 5.03. The van der Waals surface area contributed by atoms with Crippen molar-refractivity contribution < 1.29 is 13.3 Å². The molecule has 0 bridgehead atoms. The first-order chi connectivity index (χ1) is 7.64. The molecule has 0 N–H and O–H groups in total. The number of hydrogen-bond donors (Lipinski definition) is 0. The van der Waals surface area contributed by atoms with E-state index in [0.717, 1.165) is 12.5 Å². The van der Waals surface area contributed by atoms with Crippen LogP contribution in [0.3, 0.4) is 0 Å². The molecule has 0 saturated carbocycles. The van der Waals surface area contributed by atoms with Crippen LogP contribution in [0.15, 0.2) is 0 Å². The number of rotatable bonds is 10. The normalized spacial score (nSPS) is 14.1. The van der Waals surface area contributed by atoms with Gasteiger partial charge in [0.1, 0.15) is 0 Å². The molecule has 0 spiro atoms. The van der Waals surface area contributed by atoms with Gasteiger partial charge < -0.3 is 13.3 Å². The van der Waals surface area contributed by atoms with Gasteiger partial charge in [0.2, 0.25) is 0 Å². The first-order valence-corrected chi connectivity index (χ1v) is 8.58. The van der Waals surface area contributed by atoms with Crippen molar-refractivity contribution in [2.24, 2.45) is 5.92 Å². The summed E-state index contributed by atoms with van der Waals surface area (Å²) in [6.07, 6.45) is 0.976. The molecule has 0 aliphatic carbocycles. The summed E-state index contributed by atoms with van der Waals surface area (Å²) in [4.78, 5) is 0. The molecule has 0 aliphatic heterocycles. The van der Waals surface area contributed by atoms with Gasteiger partial charge in [-0.1, -0.05) is 6.92 Å². The molecule has 98 valence electrons. The van der Waals surface area contributed by atoms with Crippen molar-refractivity contribution >= 4 is 20.4 Å². The van der Waals surface area contributed by atoms with E-state index >= 15 is 0 Å². The lowest BCUT2D eigenvalue weighted by Gasteiger charge is -2.30. The molecule has 0 radical (unpaired) electrons. The lowest BCUT2D eigenvalue weighted by Crippen LogP contribution is -2.47. The molecule has 3 nitrogen and oxygen atoms in total. The molecule has 0 amide bonds. The fourth-order valence-electron chi connectivity index (χ4n) is 1.68. The van der Waals surface area contributed by atoms with E-state index in [0.29, 0.717) is 31.6 Å². The van der Waals surface area contributed by atoms with E-state index in [-0.39, 0.29) is 0 Å². The highest BCUT2D eigenvalue weighted by atomic mass is 35.5. The maximum absolute atomic E-state index is 5.78. The van der Waals surface area contributed by atoms with Crippen LogP contribution in [0.5, 0.6) is 0 Å². The number of hydrogen-bond acceptors (Lipinski definition) is 3. The first kappa shape index (κ1) is 16.4. The third-order valence-corrected chi connectivity index (χ3v) is 5.89. The van der Waals surface area contributed by atoms with Crippen molar-refractivity contribution in [3.05, 3.63) is 0 Å². The van der Waals surface area contributed by atoms with Gasteiger partial charge in [0, 0.05) is 31.7 Å². The highest BCUT2D eigenvalue weighted by molar-refractivity contribution is 6.60. The van der Waals surface area contributed by atoms with Crippen molar-refractivity contribution in [3.63, 3.8) is 0 Å². The second-order valence-corrected chi connectivity index (χ2v) is 6.79. The van der Waals surface area contributed by atoms with Crippen LogP contribution < -0.4 is 0 Å². The molecular weight excluding hydrogens is 244 g/mol. The van der Waals surface area contributed by atoms with Crippen LogP contribution in [0.1, 0.15) is 34.1 Å². The topological polar surface area (TPSA) is 27.7 Å². The summed E-state index contributed by atoms with van der Waals surface area (Å²) >= 11 is 5.75. The average molecular weight is 269 g/mol. The zero-order chi connectivity index (χ0) is 12.4. The third kappa shape index (κ3) is 6.20. The van der Waals surface area contributed by atoms with Gasteiger partial charge in [0.05, 0.1) is 0 Å². The number of alkyl halides is 1. The Morgan fingerprint density at radius 1 is 1.00 bits per heavy atom. The second-order valence-electron chi connectivity index (χ2n) is 3.77. The molecule has 0 heterocycles. The van der Waals surface area contributed by atoms with Crippen molar-refractivity contribution in [2.45, 2.75) is 40.2 Å². The molecule has 5 heteroatoms. The molecule has 0 fully saturated rings. The SMILES string of the molecule is CCO[Si](CC(C)CCCl)(OCC)OCC. The largest absolute Gasteiger partial charge is 0.501 e. The standard InChI is InChI=1S/C11H25ClO3Si/c1-5-13-16(14-6-2,15-7-3)10-11(4)8-9-12/h11H,5-10H2,1-4H3. The monoisotopic (exact) mass is 268 g/mol. The van der Waals surface area contributed by atoms with E-state index in [1.165, 1.54) is 0 Å². The van der Waals surface area contributed by atoms with Crippen molar-refractivity contribution in [2.75, 3.05) is 25.7 Å². The number of halogens is 1. The van der Waals surface area contributed by atoms with Crippen LogP contribution in [-0.2, 0) is 13.3 Å². The summed E-state index contributed by atoms with van der Waals surface area (Å²) < 4.78 is 17.3. The van der Waals surface area contributed by atoms with E-state index in [1.807, 2.05) is 20.8 Å². The van der Waals surface area contributed by atoms with Crippen LogP contribution in [0.25, 0.3) is 0 Å². The Bertz CT molecular complexity index is 152. The van der Waals surface area contributed by atoms with Crippen molar-refractivity contribution in [3.8, 4) is 0 Å². The van der Waals surface area contributed by atoms with E-state index in [9.17, 15) is 0 Å². The maximum Gasteiger partial charge on any atom is 0.501 e. The minimum atomic E-state index is -2.45. The second kappa shape index (κ2) is 9.42. The molecular formula is C11H25ClO3Si. The molecule has 1 atom stereocenters. The Morgan fingerprint density at radius 3 is 1.75 bits per heavy atom. The summed E-state index contributed by atoms with van der Waals surface area (Å²) in [5, 5.41) is 0. The Morgan fingerprint density at radius 2 is 1.44 bits per heavy atom. The minimum absolute atomic E-state index is 0.480. The van der Waals surface area contributed by atoms with Gasteiger partial charge in [0.15, 0.2) is 0 Å². The average Bonchev–Trinajstić information content (AvgIpc) is 2.18. The lowest BCUT2D eigenvalue weighted by atomic mass is 10.2. The molecule has 0 aromatic rings. The Balaban J connectivity index is 4.44. The predicted octanol–water partition coefficient (Wildman–Crippen LogP) is 3.30. The lowest BCUT2D eigenvalue weighted by molar-refractivity contribution is 0.0675. The highest BCUT2D eigenvalue weighted by Crippen LogP contribution is 2.23. The maximum atomic E-state index is 5.78. The van der Waals surface area contributed by atoms with E-state index in [4.69, 9.17) is 24.9 Å². The summed E-state index contributed by atoms with van der Waals surface area (Å²) in [5.41, 5.74) is 0. The molecule has 0 rings (SSSR count). The summed E-state index contributed by atoms with van der Waals surface area (Å²) in [7, 11) is -2.45. The predicted molar refractivity (Wildman–Crippen MR) is 69.9 cm³/mol. The Hall–Kier alpha value is 0.387. The smallest absolute Gasteiger partial charge is 0.374 e. The zero-order valence-corrected chi connectivity index (χ0v) is 12.7. The molecule has 0 aromatic heterocycles. The van der Waals surface area contributed by atoms with Crippen molar-refractivity contribution in [1.29, 1.82) is 0 Å². The van der Waals surface area contributed by atoms with Crippen LogP contribution in [0.4, 0.5) is 0 Å². The van der Waals surface area contributed by atoms with Gasteiger partial charge in [-0.05, 0) is 33.1 Å². The molecule has 0 aliphatic rings. The van der Waals surface area contributed by atoms with Gasteiger partial charge in [0.25, 0.3) is 0 Å². The first-order valence-electron chi connectivity index (χ1n) is 6.11. The van der Waals surface area contributed by atoms with Gasteiger partial charge in [-0.2, -0.15) is 0 Å². The Labute approximate surface area is 106 Å². The van der Waals surface area contributed by atoms with Gasteiger partial charge in [-0.3, -0.25) is 0 Å². The van der Waals surface area contributed by atoms with Gasteiger partial charge in [-0.25, -0.2) is 0 Å². The summed E-state index contributed by atoms with van der Waals surface area (Å²) in [6.45, 7) is 10.0. The zero-order valence-electron chi connectivity index (χ0n) is 10.9.